The number of nitrogens with one attached hydrogen (secondary N) is 1. The number of carbonyl (C=O) groups is 1. The van der Waals surface area contributed by atoms with E-state index in [0.29, 0.717) is 40.0 Å². The van der Waals surface area contributed by atoms with Gasteiger partial charge in [0, 0.05) is 34.6 Å². The number of aliphatic hydroxyl groups excluding tert-OH is 1. The Morgan fingerprint density at radius 1 is 0.755 bits per heavy atom. The molecule has 7 nitrogen and oxygen atoms in total. The van der Waals surface area contributed by atoms with Gasteiger partial charge in [-0.2, -0.15) is 0 Å². The number of benzene rings is 5. The first-order valence-corrected chi connectivity index (χ1v) is 17.4. The molecule has 0 aliphatic carbocycles. The minimum atomic E-state index is -2.37. The highest BCUT2D eigenvalue weighted by Gasteiger charge is 2.34. The standard InChI is InChI=1S/C40H29F5N2O5S/c41-31-30(32(42)34(44)35(45)33(31)43)38(49)46-27-13-7-12-26(18-27)39-50-28(19-29(51-39)23-16-14-22(20-48)15-17-23)21-53-40-47-36(24-8-3-1-4-9-24)37(52-40)25-10-5-2-6-11-25/h1-18,28-29,39,48H,19-21H2,(H,46,49)/t28-,29+,39+/m0/s1. The van der Waals surface area contributed by atoms with Crippen molar-refractivity contribution in [2.45, 2.75) is 36.7 Å². The third kappa shape index (κ3) is 7.74. The summed E-state index contributed by atoms with van der Waals surface area (Å²) >= 11 is 1.36. The minimum absolute atomic E-state index is 0.00865. The number of aliphatic hydroxyl groups is 1. The molecule has 1 aliphatic heterocycles. The van der Waals surface area contributed by atoms with E-state index < -0.39 is 59.1 Å². The van der Waals surface area contributed by atoms with Gasteiger partial charge in [0.25, 0.3) is 11.1 Å². The monoisotopic (exact) mass is 744 g/mol. The summed E-state index contributed by atoms with van der Waals surface area (Å²) in [6.45, 7) is -0.133. The lowest BCUT2D eigenvalue weighted by atomic mass is 10.0. The van der Waals surface area contributed by atoms with Gasteiger partial charge in [-0.1, -0.05) is 109 Å². The maximum Gasteiger partial charge on any atom is 0.261 e. The molecule has 1 aliphatic rings. The van der Waals surface area contributed by atoms with Gasteiger partial charge in [0.2, 0.25) is 5.82 Å². The van der Waals surface area contributed by atoms with Crippen LogP contribution in [0.3, 0.4) is 0 Å². The molecule has 2 N–H and O–H groups in total. The molecular formula is C40H29F5N2O5S. The summed E-state index contributed by atoms with van der Waals surface area (Å²) in [6.07, 6.45) is -1.49. The van der Waals surface area contributed by atoms with Crippen LogP contribution in [0.15, 0.2) is 119 Å². The Morgan fingerprint density at radius 2 is 1.40 bits per heavy atom. The topological polar surface area (TPSA) is 93.8 Å². The molecule has 0 radical (unpaired) electrons. The molecule has 0 spiro atoms. The maximum atomic E-state index is 14.4. The van der Waals surface area contributed by atoms with E-state index in [1.807, 2.05) is 72.8 Å². The predicted molar refractivity (Wildman–Crippen MR) is 187 cm³/mol. The van der Waals surface area contributed by atoms with Crippen LogP contribution in [-0.4, -0.2) is 27.9 Å². The van der Waals surface area contributed by atoms with Crippen molar-refractivity contribution in [3.8, 4) is 22.6 Å². The number of ether oxygens (including phenoxy) is 2. The fourth-order valence-corrected chi connectivity index (χ4v) is 6.73. The van der Waals surface area contributed by atoms with Gasteiger partial charge in [-0.05, 0) is 23.3 Å². The molecule has 0 unspecified atom stereocenters. The average Bonchev–Trinajstić information content (AvgIpc) is 3.64. The van der Waals surface area contributed by atoms with Crippen molar-refractivity contribution in [2.24, 2.45) is 0 Å². The van der Waals surface area contributed by atoms with Gasteiger partial charge in [0.15, 0.2) is 35.3 Å². The van der Waals surface area contributed by atoms with Crippen LogP contribution in [0, 0.1) is 29.1 Å². The SMILES string of the molecule is O=C(Nc1cccc([C@@H]2O[C@H](CSc3nc(-c4ccccc4)c(-c4ccccc4)o3)C[C@H](c3ccc(CO)cc3)O2)c1)c1c(F)c(F)c(F)c(F)c1F. The number of nitrogens with zero attached hydrogens (tertiary/aromatic N) is 1. The number of thioether (sulfide) groups is 1. The Balaban J connectivity index is 1.14. The fraction of sp³-hybridized carbons (Fsp3) is 0.150. The lowest BCUT2D eigenvalue weighted by molar-refractivity contribution is -0.245. The molecule has 6 aromatic rings. The summed E-state index contributed by atoms with van der Waals surface area (Å²) in [4.78, 5) is 17.6. The van der Waals surface area contributed by atoms with Crippen LogP contribution in [-0.2, 0) is 16.1 Å². The zero-order chi connectivity index (χ0) is 37.1. The number of halogens is 5. The van der Waals surface area contributed by atoms with Gasteiger partial charge in [0.1, 0.15) is 11.3 Å². The zero-order valence-electron chi connectivity index (χ0n) is 27.6. The molecular weight excluding hydrogens is 716 g/mol. The molecule has 13 heteroatoms. The first-order chi connectivity index (χ1) is 25.7. The molecule has 270 valence electrons. The fourth-order valence-electron chi connectivity index (χ4n) is 5.89. The zero-order valence-corrected chi connectivity index (χ0v) is 28.4. The minimum Gasteiger partial charge on any atom is -0.431 e. The number of hydrogen-bond donors (Lipinski definition) is 2. The Hall–Kier alpha value is -5.34. The van der Waals surface area contributed by atoms with E-state index in [2.05, 4.69) is 5.32 Å². The van der Waals surface area contributed by atoms with Crippen LogP contribution in [0.2, 0.25) is 0 Å². The first kappa shape index (κ1) is 36.0. The van der Waals surface area contributed by atoms with Crippen LogP contribution in [0.4, 0.5) is 27.6 Å². The summed E-state index contributed by atoms with van der Waals surface area (Å²) in [5.41, 5.74) is 2.76. The molecule has 5 aromatic carbocycles. The summed E-state index contributed by atoms with van der Waals surface area (Å²) in [7, 11) is 0. The number of anilines is 1. The van der Waals surface area contributed by atoms with Crippen LogP contribution < -0.4 is 5.32 Å². The van der Waals surface area contributed by atoms with Crippen molar-refractivity contribution >= 4 is 23.4 Å². The van der Waals surface area contributed by atoms with Gasteiger partial charge in [-0.3, -0.25) is 4.79 Å². The van der Waals surface area contributed by atoms with E-state index >= 15 is 0 Å². The molecule has 1 aromatic heterocycles. The summed E-state index contributed by atoms with van der Waals surface area (Å²) in [5.74, 6) is -11.8. The highest BCUT2D eigenvalue weighted by molar-refractivity contribution is 7.99. The van der Waals surface area contributed by atoms with Gasteiger partial charge < -0.3 is 24.3 Å². The van der Waals surface area contributed by atoms with Crippen LogP contribution in [0.25, 0.3) is 22.6 Å². The van der Waals surface area contributed by atoms with Gasteiger partial charge in [-0.15, -0.1) is 0 Å². The lowest BCUT2D eigenvalue weighted by Gasteiger charge is -2.36. The first-order valence-electron chi connectivity index (χ1n) is 16.4. The van der Waals surface area contributed by atoms with Crippen LogP contribution in [0.1, 0.15) is 45.9 Å². The van der Waals surface area contributed by atoms with Gasteiger partial charge in [0.05, 0.1) is 18.8 Å². The summed E-state index contributed by atoms with van der Waals surface area (Å²) in [5, 5.41) is 12.2. The highest BCUT2D eigenvalue weighted by Crippen LogP contribution is 2.41. The second kappa shape index (κ2) is 15.7. The molecule has 1 fully saturated rings. The van der Waals surface area contributed by atoms with E-state index in [9.17, 15) is 31.9 Å². The molecule has 7 rings (SSSR count). The van der Waals surface area contributed by atoms with E-state index in [1.54, 1.807) is 18.2 Å². The molecule has 0 bridgehead atoms. The van der Waals surface area contributed by atoms with Crippen molar-refractivity contribution in [1.82, 2.24) is 4.98 Å². The van der Waals surface area contributed by atoms with E-state index in [1.165, 1.54) is 30.0 Å². The van der Waals surface area contributed by atoms with Crippen molar-refractivity contribution in [3.63, 3.8) is 0 Å². The van der Waals surface area contributed by atoms with Gasteiger partial charge in [-0.25, -0.2) is 26.9 Å². The van der Waals surface area contributed by atoms with Crippen LogP contribution in [0.5, 0.6) is 0 Å². The molecule has 3 atom stereocenters. The number of hydrogen-bond acceptors (Lipinski definition) is 7. The van der Waals surface area contributed by atoms with Crippen molar-refractivity contribution < 1.29 is 45.7 Å². The Kier molecular flexibility index (Phi) is 10.7. The van der Waals surface area contributed by atoms with E-state index in [4.69, 9.17) is 18.9 Å². The van der Waals surface area contributed by atoms with Gasteiger partial charge >= 0.3 is 0 Å². The lowest BCUT2D eigenvalue weighted by Crippen LogP contribution is -2.31. The smallest absolute Gasteiger partial charge is 0.261 e. The third-order valence-electron chi connectivity index (χ3n) is 8.55. The number of rotatable bonds is 10. The maximum absolute atomic E-state index is 14.4. The summed E-state index contributed by atoms with van der Waals surface area (Å²) in [6, 6.07) is 32.5. The molecule has 1 amide bonds. The Labute approximate surface area is 304 Å². The van der Waals surface area contributed by atoms with E-state index in [-0.39, 0.29) is 12.3 Å². The van der Waals surface area contributed by atoms with Crippen molar-refractivity contribution in [1.29, 1.82) is 0 Å². The molecule has 0 saturated carbocycles. The van der Waals surface area contributed by atoms with E-state index in [0.717, 1.165) is 16.7 Å². The largest absolute Gasteiger partial charge is 0.431 e. The predicted octanol–water partition coefficient (Wildman–Crippen LogP) is 9.79. The third-order valence-corrected chi connectivity index (χ3v) is 9.51. The van der Waals surface area contributed by atoms with Crippen LogP contribution >= 0.6 is 11.8 Å². The van der Waals surface area contributed by atoms with Crippen molar-refractivity contribution in [2.75, 3.05) is 11.1 Å². The molecule has 53 heavy (non-hydrogen) atoms. The normalized spacial score (nSPS) is 17.1. The molecule has 1 saturated heterocycles. The second-order valence-electron chi connectivity index (χ2n) is 12.1. The number of carbonyl (C=O) groups excluding carboxylic acids is 1. The quantitative estimate of drug-likeness (QED) is 0.0625. The molecule has 2 heterocycles. The van der Waals surface area contributed by atoms with Crippen molar-refractivity contribution in [3.05, 3.63) is 161 Å². The Morgan fingerprint density at radius 3 is 2.06 bits per heavy atom. The average molecular weight is 745 g/mol. The summed E-state index contributed by atoms with van der Waals surface area (Å²) < 4.78 is 89.0. The number of amides is 1. The second-order valence-corrected chi connectivity index (χ2v) is 13.0. The highest BCUT2D eigenvalue weighted by atomic mass is 32.2. The number of oxazole rings is 1. The Bertz CT molecular complexity index is 2150. The number of aromatic nitrogens is 1.